The van der Waals surface area contributed by atoms with Crippen LogP contribution in [0.2, 0.25) is 0 Å². The van der Waals surface area contributed by atoms with E-state index in [2.05, 4.69) is 5.32 Å². The highest BCUT2D eigenvalue weighted by atomic mass is 32.2. The van der Waals surface area contributed by atoms with Crippen molar-refractivity contribution < 1.29 is 27.5 Å². The van der Waals surface area contributed by atoms with Crippen LogP contribution in [0.4, 0.5) is 10.5 Å². The Labute approximate surface area is 198 Å². The monoisotopic (exact) mass is 485 g/mol. The van der Waals surface area contributed by atoms with Gasteiger partial charge in [0.05, 0.1) is 25.1 Å². The molecular weight excluding hydrogens is 458 g/mol. The first-order valence-electron chi connectivity index (χ1n) is 11.0. The number of Topliss-reactive ketones (excluding diaryl/α,β-unsaturated/α-hetero) is 1. The Morgan fingerprint density at radius 2 is 1.91 bits per heavy atom. The number of benzene rings is 2. The van der Waals surface area contributed by atoms with Crippen LogP contribution in [0.5, 0.6) is 5.75 Å². The fourth-order valence-corrected chi connectivity index (χ4v) is 5.62. The van der Waals surface area contributed by atoms with Gasteiger partial charge >= 0.3 is 6.03 Å². The van der Waals surface area contributed by atoms with Gasteiger partial charge in [-0.1, -0.05) is 18.2 Å². The minimum absolute atomic E-state index is 0.00702. The van der Waals surface area contributed by atoms with Gasteiger partial charge in [0, 0.05) is 18.5 Å². The fourth-order valence-electron chi connectivity index (χ4n) is 4.46. The van der Waals surface area contributed by atoms with Crippen molar-refractivity contribution in [3.05, 3.63) is 59.2 Å². The first-order valence-corrected chi connectivity index (χ1v) is 12.6. The predicted molar refractivity (Wildman–Crippen MR) is 127 cm³/mol. The third-order valence-corrected chi connectivity index (χ3v) is 8.12. The summed E-state index contributed by atoms with van der Waals surface area (Å²) in [6, 6.07) is 11.4. The maximum absolute atomic E-state index is 13.2. The molecule has 10 heteroatoms. The standard InChI is InChI=1S/C24H27N3O6S/c1-4-34(31,32)27-12-11-16-13-17(9-10-19(16)27)20(28)15-26-22(29)24(2,25-23(26)30)14-18-7-5-6-8-21(18)33-3/h5-10,13H,4,11-12,14-15H2,1-3H3,(H,25,30)/t24-/m0/s1. The lowest BCUT2D eigenvalue weighted by molar-refractivity contribution is -0.130. The van der Waals surface area contributed by atoms with Gasteiger partial charge in [0.1, 0.15) is 11.3 Å². The van der Waals surface area contributed by atoms with E-state index in [4.69, 9.17) is 4.74 Å². The number of methoxy groups -OCH3 is 1. The van der Waals surface area contributed by atoms with Crippen LogP contribution in [0, 0.1) is 0 Å². The SMILES string of the molecule is CCS(=O)(=O)N1CCc2cc(C(=O)CN3C(=O)N[C@@](C)(Cc4ccccc4OC)C3=O)ccc21. The van der Waals surface area contributed by atoms with Crippen molar-refractivity contribution >= 4 is 33.4 Å². The van der Waals surface area contributed by atoms with Crippen molar-refractivity contribution in [3.63, 3.8) is 0 Å². The highest BCUT2D eigenvalue weighted by molar-refractivity contribution is 7.92. The highest BCUT2D eigenvalue weighted by Gasteiger charge is 2.48. The molecule has 1 atom stereocenters. The molecule has 2 aromatic carbocycles. The minimum atomic E-state index is -3.39. The molecule has 180 valence electrons. The second-order valence-electron chi connectivity index (χ2n) is 8.63. The third-order valence-electron chi connectivity index (χ3n) is 6.34. The number of ether oxygens (including phenoxy) is 1. The van der Waals surface area contributed by atoms with Crippen LogP contribution in [0.25, 0.3) is 0 Å². The Bertz CT molecular complexity index is 1280. The Morgan fingerprint density at radius 1 is 1.18 bits per heavy atom. The lowest BCUT2D eigenvalue weighted by Gasteiger charge is -2.22. The van der Waals surface area contributed by atoms with Crippen LogP contribution >= 0.6 is 0 Å². The average molecular weight is 486 g/mol. The summed E-state index contributed by atoms with van der Waals surface area (Å²) >= 11 is 0. The Kier molecular flexibility index (Phi) is 6.11. The van der Waals surface area contributed by atoms with Gasteiger partial charge in [0.15, 0.2) is 5.78 Å². The number of urea groups is 1. The number of imide groups is 1. The molecule has 3 amide bonds. The van der Waals surface area contributed by atoms with Gasteiger partial charge in [-0.2, -0.15) is 0 Å². The van der Waals surface area contributed by atoms with Crippen LogP contribution in [-0.4, -0.2) is 62.5 Å². The number of ketones is 1. The summed E-state index contributed by atoms with van der Waals surface area (Å²) in [6.07, 6.45) is 0.711. The lowest BCUT2D eigenvalue weighted by Crippen LogP contribution is -2.46. The molecular formula is C24H27N3O6S. The van der Waals surface area contributed by atoms with E-state index in [-0.39, 0.29) is 12.2 Å². The molecule has 0 unspecified atom stereocenters. The maximum Gasteiger partial charge on any atom is 0.325 e. The topological polar surface area (TPSA) is 113 Å². The van der Waals surface area contributed by atoms with Crippen LogP contribution in [0.3, 0.4) is 0 Å². The van der Waals surface area contributed by atoms with Crippen LogP contribution < -0.4 is 14.4 Å². The molecule has 2 aromatic rings. The number of rotatable bonds is 8. The Balaban J connectivity index is 1.51. The van der Waals surface area contributed by atoms with E-state index in [1.807, 2.05) is 18.2 Å². The van der Waals surface area contributed by atoms with Gasteiger partial charge < -0.3 is 10.1 Å². The van der Waals surface area contributed by atoms with Gasteiger partial charge in [0.2, 0.25) is 10.0 Å². The van der Waals surface area contributed by atoms with E-state index in [9.17, 15) is 22.8 Å². The third kappa shape index (κ3) is 4.13. The molecule has 34 heavy (non-hydrogen) atoms. The molecule has 1 saturated heterocycles. The molecule has 0 aliphatic carbocycles. The second kappa shape index (κ2) is 8.75. The molecule has 0 spiro atoms. The molecule has 1 N–H and O–H groups in total. The smallest absolute Gasteiger partial charge is 0.325 e. The second-order valence-corrected chi connectivity index (χ2v) is 10.8. The average Bonchev–Trinajstić information content (AvgIpc) is 3.34. The molecule has 0 aromatic heterocycles. The van der Waals surface area contributed by atoms with E-state index in [0.29, 0.717) is 30.0 Å². The number of hydrogen-bond donors (Lipinski definition) is 1. The summed E-state index contributed by atoms with van der Waals surface area (Å²) in [5, 5.41) is 2.71. The van der Waals surface area contributed by atoms with Gasteiger partial charge in [-0.15, -0.1) is 0 Å². The first-order chi connectivity index (χ1) is 16.1. The van der Waals surface area contributed by atoms with Crippen molar-refractivity contribution in [2.45, 2.75) is 32.2 Å². The molecule has 1 fully saturated rings. The number of hydrogen-bond acceptors (Lipinski definition) is 6. The predicted octanol–water partition coefficient (Wildman–Crippen LogP) is 2.14. The molecule has 2 heterocycles. The number of nitrogens with zero attached hydrogens (tertiary/aromatic N) is 2. The molecule has 0 radical (unpaired) electrons. The number of sulfonamides is 1. The van der Waals surface area contributed by atoms with E-state index in [1.54, 1.807) is 32.0 Å². The van der Waals surface area contributed by atoms with Crippen LogP contribution in [-0.2, 0) is 27.7 Å². The van der Waals surface area contributed by atoms with E-state index >= 15 is 0 Å². The summed E-state index contributed by atoms with van der Waals surface area (Å²) < 4.78 is 31.3. The summed E-state index contributed by atoms with van der Waals surface area (Å²) in [4.78, 5) is 39.7. The van der Waals surface area contributed by atoms with E-state index in [1.165, 1.54) is 17.5 Å². The molecule has 4 rings (SSSR count). The zero-order chi connectivity index (χ0) is 24.7. The van der Waals surface area contributed by atoms with Crippen LogP contribution in [0.15, 0.2) is 42.5 Å². The van der Waals surface area contributed by atoms with Gasteiger partial charge in [-0.25, -0.2) is 13.2 Å². The quantitative estimate of drug-likeness (QED) is 0.453. The van der Waals surface area contributed by atoms with Crippen molar-refractivity contribution in [2.75, 3.05) is 30.3 Å². The van der Waals surface area contributed by atoms with Crippen LogP contribution in [0.1, 0.15) is 35.3 Å². The summed E-state index contributed by atoms with van der Waals surface area (Å²) in [5.41, 5.74) is 1.20. The summed E-state index contributed by atoms with van der Waals surface area (Å²) in [6.45, 7) is 3.15. The van der Waals surface area contributed by atoms with E-state index in [0.717, 1.165) is 16.0 Å². The highest BCUT2D eigenvalue weighted by Crippen LogP contribution is 2.32. The maximum atomic E-state index is 13.2. The number of anilines is 1. The van der Waals surface area contributed by atoms with Gasteiger partial charge in [0.25, 0.3) is 5.91 Å². The normalized spacial score (nSPS) is 19.9. The number of amides is 3. The molecule has 0 saturated carbocycles. The number of fused-ring (bicyclic) bond motifs is 1. The molecule has 2 aliphatic heterocycles. The number of carbonyl (C=O) groups excluding carboxylic acids is 3. The Morgan fingerprint density at radius 3 is 2.62 bits per heavy atom. The molecule has 9 nitrogen and oxygen atoms in total. The lowest BCUT2D eigenvalue weighted by atomic mass is 9.92. The Hall–Kier alpha value is -3.40. The zero-order valence-electron chi connectivity index (χ0n) is 19.3. The molecule has 0 bridgehead atoms. The summed E-state index contributed by atoms with van der Waals surface area (Å²) in [7, 11) is -1.85. The zero-order valence-corrected chi connectivity index (χ0v) is 20.1. The first kappa shape index (κ1) is 23.7. The van der Waals surface area contributed by atoms with Crippen molar-refractivity contribution in [1.82, 2.24) is 10.2 Å². The summed E-state index contributed by atoms with van der Waals surface area (Å²) in [5.74, 6) is -0.284. The molecule has 2 aliphatic rings. The van der Waals surface area contributed by atoms with Gasteiger partial charge in [-0.3, -0.25) is 18.8 Å². The van der Waals surface area contributed by atoms with Crippen molar-refractivity contribution in [1.29, 1.82) is 0 Å². The fraction of sp³-hybridized carbons (Fsp3) is 0.375. The van der Waals surface area contributed by atoms with Crippen molar-refractivity contribution in [2.24, 2.45) is 0 Å². The largest absolute Gasteiger partial charge is 0.496 e. The number of nitrogens with one attached hydrogen (secondary N) is 1. The van der Waals surface area contributed by atoms with Crippen molar-refractivity contribution in [3.8, 4) is 5.75 Å². The number of carbonyl (C=O) groups is 3. The van der Waals surface area contributed by atoms with Gasteiger partial charge in [-0.05, 0) is 55.7 Å². The van der Waals surface area contributed by atoms with E-state index < -0.39 is 39.8 Å². The minimum Gasteiger partial charge on any atom is -0.496 e. The number of para-hydroxylation sites is 1.